The first-order valence-electron chi connectivity index (χ1n) is 9.34. The van der Waals surface area contributed by atoms with E-state index in [9.17, 15) is 0 Å². The molecule has 0 N–H and O–H groups in total. The van der Waals surface area contributed by atoms with Crippen molar-refractivity contribution in [2.45, 2.75) is 19.8 Å². The molecule has 0 unspecified atom stereocenters. The van der Waals surface area contributed by atoms with Gasteiger partial charge in [-0.2, -0.15) is 0 Å². The van der Waals surface area contributed by atoms with E-state index in [4.69, 9.17) is 0 Å². The van der Waals surface area contributed by atoms with Gasteiger partial charge in [-0.1, -0.05) is 74.5 Å². The maximum absolute atomic E-state index is 2.48. The number of rotatable bonds is 1. The molecule has 6 aromatic rings. The molecule has 0 aliphatic rings. The Hall–Kier alpha value is -3.06. The van der Waals surface area contributed by atoms with Crippen LogP contribution in [0.4, 0.5) is 0 Å². The van der Waals surface area contributed by atoms with Gasteiger partial charge in [-0.05, 0) is 34.4 Å². The molecule has 124 valence electrons. The van der Waals surface area contributed by atoms with Gasteiger partial charge in [0.2, 0.25) is 0 Å². The zero-order valence-corrected chi connectivity index (χ0v) is 15.0. The fourth-order valence-electron chi connectivity index (χ4n) is 4.89. The predicted molar refractivity (Wildman–Crippen MR) is 113 cm³/mol. The summed E-state index contributed by atoms with van der Waals surface area (Å²) in [5, 5.41) is 8.21. The zero-order valence-electron chi connectivity index (χ0n) is 15.0. The van der Waals surface area contributed by atoms with Gasteiger partial charge in [-0.25, -0.2) is 0 Å². The van der Waals surface area contributed by atoms with Crippen molar-refractivity contribution in [1.82, 2.24) is 4.40 Å². The van der Waals surface area contributed by atoms with E-state index in [2.05, 4.69) is 91.0 Å². The maximum atomic E-state index is 2.48. The molecule has 0 radical (unpaired) electrons. The van der Waals surface area contributed by atoms with Crippen LogP contribution in [0.1, 0.15) is 25.3 Å². The fraction of sp³-hybridized carbons (Fsp3) is 0.120. The maximum Gasteiger partial charge on any atom is 0.0620 e. The number of hydrogen-bond donors (Lipinski definition) is 0. The Bertz CT molecular complexity index is 1450. The Morgan fingerprint density at radius 1 is 0.654 bits per heavy atom. The van der Waals surface area contributed by atoms with Crippen molar-refractivity contribution >= 4 is 48.9 Å². The van der Waals surface area contributed by atoms with Crippen LogP contribution in [0, 0.1) is 0 Å². The van der Waals surface area contributed by atoms with Crippen LogP contribution in [-0.4, -0.2) is 4.40 Å². The lowest BCUT2D eigenvalue weighted by Crippen LogP contribution is -1.92. The summed E-state index contributed by atoms with van der Waals surface area (Å²) in [7, 11) is 0. The lowest BCUT2D eigenvalue weighted by Gasteiger charge is -2.13. The first kappa shape index (κ1) is 14.1. The van der Waals surface area contributed by atoms with E-state index in [1.165, 1.54) is 54.4 Å². The van der Waals surface area contributed by atoms with Gasteiger partial charge in [0.05, 0.1) is 16.6 Å². The molecule has 1 nitrogen and oxygen atoms in total. The highest BCUT2D eigenvalue weighted by atomic mass is 14.9. The SMILES string of the molecule is CC(C)c1c2ccccc2cc2c1c1cccc3c4ccccc4n2c31. The molecular weight excluding hydrogens is 314 g/mol. The van der Waals surface area contributed by atoms with E-state index >= 15 is 0 Å². The Balaban J connectivity index is 2.04. The van der Waals surface area contributed by atoms with Crippen LogP contribution in [0.5, 0.6) is 0 Å². The average Bonchev–Trinajstić information content (AvgIpc) is 3.17. The van der Waals surface area contributed by atoms with E-state index < -0.39 is 0 Å². The number of para-hydroxylation sites is 2. The molecule has 0 saturated carbocycles. The topological polar surface area (TPSA) is 4.41 Å². The fourth-order valence-corrected chi connectivity index (χ4v) is 4.89. The minimum atomic E-state index is 0.473. The Labute approximate surface area is 151 Å². The van der Waals surface area contributed by atoms with E-state index in [-0.39, 0.29) is 0 Å². The molecule has 0 fully saturated rings. The molecule has 0 bridgehead atoms. The van der Waals surface area contributed by atoms with Crippen molar-refractivity contribution in [3.05, 3.63) is 78.4 Å². The smallest absolute Gasteiger partial charge is 0.0620 e. The molecule has 0 amide bonds. The van der Waals surface area contributed by atoms with Crippen LogP contribution < -0.4 is 0 Å². The number of aromatic nitrogens is 1. The number of nitrogens with zero attached hydrogens (tertiary/aromatic N) is 1. The lowest BCUT2D eigenvalue weighted by atomic mass is 9.91. The molecule has 0 atom stereocenters. The van der Waals surface area contributed by atoms with Crippen LogP contribution in [0.25, 0.3) is 48.9 Å². The highest BCUT2D eigenvalue weighted by Gasteiger charge is 2.21. The minimum Gasteiger partial charge on any atom is -0.308 e. The molecule has 0 spiro atoms. The molecule has 4 aromatic carbocycles. The lowest BCUT2D eigenvalue weighted by molar-refractivity contribution is 0.886. The van der Waals surface area contributed by atoms with E-state index in [1.54, 1.807) is 0 Å². The minimum absolute atomic E-state index is 0.473. The molecule has 26 heavy (non-hydrogen) atoms. The van der Waals surface area contributed by atoms with E-state index in [0.29, 0.717) is 5.92 Å². The standard InChI is InChI=1S/C25H19N/c1-15(2)23-17-9-4-3-8-16(17)14-22-24(23)20-12-7-11-19-18-10-5-6-13-21(18)26(22)25(19)20/h3-15H,1-2H3. The monoisotopic (exact) mass is 333 g/mol. The molecule has 2 aromatic heterocycles. The van der Waals surface area contributed by atoms with Crippen molar-refractivity contribution in [1.29, 1.82) is 0 Å². The summed E-state index contributed by atoms with van der Waals surface area (Å²) in [4.78, 5) is 0. The first-order valence-corrected chi connectivity index (χ1v) is 9.34. The van der Waals surface area contributed by atoms with Gasteiger partial charge in [-0.3, -0.25) is 0 Å². The second-order valence-corrected chi connectivity index (χ2v) is 7.61. The Morgan fingerprint density at radius 3 is 2.19 bits per heavy atom. The van der Waals surface area contributed by atoms with Crippen molar-refractivity contribution in [3.63, 3.8) is 0 Å². The van der Waals surface area contributed by atoms with E-state index in [0.717, 1.165) is 0 Å². The van der Waals surface area contributed by atoms with Crippen molar-refractivity contribution in [2.75, 3.05) is 0 Å². The molecule has 2 heterocycles. The predicted octanol–water partition coefficient (Wildman–Crippen LogP) is 7.11. The summed E-state index contributed by atoms with van der Waals surface area (Å²) in [5.74, 6) is 0.473. The van der Waals surface area contributed by atoms with Crippen LogP contribution in [0.3, 0.4) is 0 Å². The number of fused-ring (bicyclic) bond motifs is 7. The summed E-state index contributed by atoms with van der Waals surface area (Å²) in [6.07, 6.45) is 0. The highest BCUT2D eigenvalue weighted by molar-refractivity contribution is 6.25. The van der Waals surface area contributed by atoms with Crippen molar-refractivity contribution < 1.29 is 0 Å². The van der Waals surface area contributed by atoms with Gasteiger partial charge in [0.1, 0.15) is 0 Å². The van der Waals surface area contributed by atoms with E-state index in [1.807, 2.05) is 0 Å². The summed E-state index contributed by atoms with van der Waals surface area (Å²) in [6.45, 7) is 4.63. The Kier molecular flexibility index (Phi) is 2.59. The summed E-state index contributed by atoms with van der Waals surface area (Å²) >= 11 is 0. The van der Waals surface area contributed by atoms with Crippen molar-refractivity contribution in [3.8, 4) is 0 Å². The molecule has 0 saturated heterocycles. The van der Waals surface area contributed by atoms with Gasteiger partial charge < -0.3 is 4.40 Å². The first-order chi connectivity index (χ1) is 12.8. The Morgan fingerprint density at radius 2 is 1.35 bits per heavy atom. The van der Waals surface area contributed by atoms with Gasteiger partial charge in [-0.15, -0.1) is 0 Å². The van der Waals surface area contributed by atoms with Crippen LogP contribution in [-0.2, 0) is 0 Å². The summed E-state index contributed by atoms with van der Waals surface area (Å²) < 4.78 is 2.48. The second-order valence-electron chi connectivity index (χ2n) is 7.61. The third kappa shape index (κ3) is 1.56. The third-order valence-electron chi connectivity index (χ3n) is 5.85. The zero-order chi connectivity index (χ0) is 17.4. The quantitative estimate of drug-likeness (QED) is 0.302. The van der Waals surface area contributed by atoms with Crippen LogP contribution in [0.2, 0.25) is 0 Å². The molecule has 1 heteroatoms. The van der Waals surface area contributed by atoms with Crippen molar-refractivity contribution in [2.24, 2.45) is 0 Å². The van der Waals surface area contributed by atoms with Gasteiger partial charge in [0.15, 0.2) is 0 Å². The largest absolute Gasteiger partial charge is 0.308 e. The summed E-state index contributed by atoms with van der Waals surface area (Å²) in [5.41, 5.74) is 5.47. The molecule has 6 rings (SSSR count). The second kappa shape index (κ2) is 4.76. The molecule has 0 aliphatic heterocycles. The number of benzene rings is 4. The molecular formula is C25H19N. The van der Waals surface area contributed by atoms with Gasteiger partial charge in [0, 0.05) is 21.5 Å². The molecule has 0 aliphatic carbocycles. The third-order valence-corrected chi connectivity index (χ3v) is 5.85. The highest BCUT2D eigenvalue weighted by Crippen LogP contribution is 2.43. The average molecular weight is 333 g/mol. The van der Waals surface area contributed by atoms with Gasteiger partial charge >= 0.3 is 0 Å². The van der Waals surface area contributed by atoms with Crippen LogP contribution in [0.15, 0.2) is 72.8 Å². The summed E-state index contributed by atoms with van der Waals surface area (Å²) in [6, 6.07) is 26.7. The number of hydrogen-bond acceptors (Lipinski definition) is 0. The normalized spacial score (nSPS) is 12.6. The van der Waals surface area contributed by atoms with Crippen LogP contribution >= 0.6 is 0 Å². The van der Waals surface area contributed by atoms with Gasteiger partial charge in [0.25, 0.3) is 0 Å².